The van der Waals surface area contributed by atoms with E-state index in [0.29, 0.717) is 17.0 Å². The van der Waals surface area contributed by atoms with E-state index in [2.05, 4.69) is 15.6 Å². The first-order valence-electron chi connectivity index (χ1n) is 11.4. The third-order valence-corrected chi connectivity index (χ3v) is 6.11. The molecule has 2 aromatic carbocycles. The van der Waals surface area contributed by atoms with Gasteiger partial charge in [0.2, 0.25) is 0 Å². The van der Waals surface area contributed by atoms with Crippen molar-refractivity contribution in [1.82, 2.24) is 14.9 Å². The van der Waals surface area contributed by atoms with Crippen LogP contribution < -0.4 is 20.9 Å². The normalized spacial score (nSPS) is 14.8. The number of aliphatic hydroxyl groups is 1. The van der Waals surface area contributed by atoms with Crippen molar-refractivity contribution in [3.05, 3.63) is 81.9 Å². The number of hydrogen-bond acceptors (Lipinski definition) is 6. The quantitative estimate of drug-likeness (QED) is 0.451. The van der Waals surface area contributed by atoms with Crippen LogP contribution in [0.4, 0.5) is 5.82 Å². The van der Waals surface area contributed by atoms with Crippen LogP contribution in [0.5, 0.6) is 5.75 Å². The van der Waals surface area contributed by atoms with Gasteiger partial charge in [0, 0.05) is 42.1 Å². The minimum Gasteiger partial charge on any atom is -0.496 e. The molecule has 1 saturated carbocycles. The second kappa shape index (κ2) is 10.1. The van der Waals surface area contributed by atoms with Crippen molar-refractivity contribution < 1.29 is 14.6 Å². The zero-order chi connectivity index (χ0) is 24.2. The van der Waals surface area contributed by atoms with E-state index in [0.717, 1.165) is 24.0 Å². The molecule has 0 spiro atoms. The van der Waals surface area contributed by atoms with Crippen molar-refractivity contribution in [3.63, 3.8) is 0 Å². The number of aliphatic hydroxyl groups excluding tert-OH is 1. The number of anilines is 1. The lowest BCUT2D eigenvalue weighted by atomic mass is 9.94. The lowest BCUT2D eigenvalue weighted by Crippen LogP contribution is -2.29. The molecule has 0 bridgehead atoms. The van der Waals surface area contributed by atoms with Gasteiger partial charge in [-0.25, -0.2) is 4.98 Å². The first-order chi connectivity index (χ1) is 16.4. The Morgan fingerprint density at radius 1 is 1.26 bits per heavy atom. The maximum atomic E-state index is 13.5. The molecule has 4 rings (SSSR count). The highest BCUT2D eigenvalue weighted by atomic mass is 16.5. The largest absolute Gasteiger partial charge is 0.496 e. The lowest BCUT2D eigenvalue weighted by Gasteiger charge is -2.26. The third-order valence-electron chi connectivity index (χ3n) is 6.11. The zero-order valence-corrected chi connectivity index (χ0v) is 19.6. The minimum atomic E-state index is -0.408. The van der Waals surface area contributed by atoms with Gasteiger partial charge in [0.25, 0.3) is 11.5 Å². The first-order valence-corrected chi connectivity index (χ1v) is 11.4. The summed E-state index contributed by atoms with van der Waals surface area (Å²) in [7, 11) is 1.59. The van der Waals surface area contributed by atoms with Gasteiger partial charge in [-0.15, -0.1) is 0 Å². The second-order valence-electron chi connectivity index (χ2n) is 8.72. The van der Waals surface area contributed by atoms with Gasteiger partial charge < -0.3 is 20.5 Å². The van der Waals surface area contributed by atoms with Gasteiger partial charge >= 0.3 is 0 Å². The van der Waals surface area contributed by atoms with E-state index < -0.39 is 6.04 Å². The van der Waals surface area contributed by atoms with E-state index in [-0.39, 0.29) is 35.9 Å². The van der Waals surface area contributed by atoms with Crippen molar-refractivity contribution in [2.45, 2.75) is 38.8 Å². The molecular formula is C26H30N4O4. The Hall–Kier alpha value is -3.65. The molecule has 1 aliphatic carbocycles. The topological polar surface area (TPSA) is 105 Å². The summed E-state index contributed by atoms with van der Waals surface area (Å²) in [5, 5.41) is 16.1. The number of hydrogen-bond donors (Lipinski definition) is 3. The molecular weight excluding hydrogens is 432 g/mol. The van der Waals surface area contributed by atoms with Crippen LogP contribution in [0.3, 0.4) is 0 Å². The molecule has 0 unspecified atom stereocenters. The molecule has 0 radical (unpaired) electrons. The summed E-state index contributed by atoms with van der Waals surface area (Å²) in [6.45, 7) is 3.69. The summed E-state index contributed by atoms with van der Waals surface area (Å²) in [6.07, 6.45) is 5.14. The standard InChI is InChI=1S/C26H30N4O4/c1-16-8-9-18(25(32)28-19-10-11-19)14-21(16)30-13-12-27-24(26(30)33)29-23(17(2)15-31)20-6-4-5-7-22(20)34-3/h4-9,12-14,17,19,23,31H,10-11,15H2,1-3H3,(H,27,29)(H,28,32)/t17-,23+/m0/s1. The van der Waals surface area contributed by atoms with E-state index >= 15 is 0 Å². The summed E-state index contributed by atoms with van der Waals surface area (Å²) in [6, 6.07) is 12.7. The average Bonchev–Trinajstić information content (AvgIpc) is 3.67. The van der Waals surface area contributed by atoms with Crippen LogP contribution >= 0.6 is 0 Å². The van der Waals surface area contributed by atoms with Crippen molar-refractivity contribution in [2.75, 3.05) is 19.0 Å². The Labute approximate surface area is 198 Å². The molecule has 1 aliphatic rings. The molecule has 8 nitrogen and oxygen atoms in total. The van der Waals surface area contributed by atoms with Crippen molar-refractivity contribution in [3.8, 4) is 11.4 Å². The Balaban J connectivity index is 1.70. The predicted molar refractivity (Wildman–Crippen MR) is 131 cm³/mol. The number of carbonyl (C=O) groups is 1. The molecule has 34 heavy (non-hydrogen) atoms. The van der Waals surface area contributed by atoms with Crippen LogP contribution in [-0.4, -0.2) is 40.3 Å². The molecule has 0 saturated heterocycles. The second-order valence-corrected chi connectivity index (χ2v) is 8.72. The molecule has 0 aliphatic heterocycles. The van der Waals surface area contributed by atoms with Gasteiger partial charge in [-0.1, -0.05) is 31.2 Å². The Kier molecular flexibility index (Phi) is 6.98. The fraction of sp³-hybridized carbons (Fsp3) is 0.346. The van der Waals surface area contributed by atoms with Gasteiger partial charge in [0.15, 0.2) is 5.82 Å². The predicted octanol–water partition coefficient (Wildman–Crippen LogP) is 3.22. The molecule has 3 aromatic rings. The van der Waals surface area contributed by atoms with E-state index in [1.54, 1.807) is 31.6 Å². The van der Waals surface area contributed by atoms with Crippen molar-refractivity contribution in [2.24, 2.45) is 5.92 Å². The van der Waals surface area contributed by atoms with E-state index in [1.807, 2.05) is 44.2 Å². The molecule has 8 heteroatoms. The third kappa shape index (κ3) is 4.97. The van der Waals surface area contributed by atoms with Gasteiger partial charge in [0.1, 0.15) is 5.75 Å². The maximum Gasteiger partial charge on any atom is 0.297 e. The number of benzene rings is 2. The monoisotopic (exact) mass is 462 g/mol. The Bertz CT molecular complexity index is 1240. The summed E-state index contributed by atoms with van der Waals surface area (Å²) in [4.78, 5) is 30.3. The number of nitrogens with one attached hydrogen (secondary N) is 2. The van der Waals surface area contributed by atoms with Gasteiger partial charge in [0.05, 0.1) is 18.8 Å². The molecule has 1 fully saturated rings. The fourth-order valence-corrected chi connectivity index (χ4v) is 3.91. The average molecular weight is 463 g/mol. The number of rotatable bonds is 9. The van der Waals surface area contributed by atoms with Crippen LogP contribution in [0.1, 0.15) is 47.3 Å². The molecule has 178 valence electrons. The number of methoxy groups -OCH3 is 1. The fourth-order valence-electron chi connectivity index (χ4n) is 3.91. The number of carbonyl (C=O) groups excluding carboxylic acids is 1. The van der Waals surface area contributed by atoms with Gasteiger partial charge in [-0.3, -0.25) is 14.2 Å². The number of para-hydroxylation sites is 1. The SMILES string of the molecule is COc1ccccc1[C@H](Nc1nccn(-c2cc(C(=O)NC3CC3)ccc2C)c1=O)[C@@H](C)CO. The van der Waals surface area contributed by atoms with Crippen molar-refractivity contribution in [1.29, 1.82) is 0 Å². The number of aryl methyl sites for hydroxylation is 1. The van der Waals surface area contributed by atoms with E-state index in [9.17, 15) is 14.7 Å². The van der Waals surface area contributed by atoms with Crippen LogP contribution in [0.15, 0.2) is 59.7 Å². The van der Waals surface area contributed by atoms with Gasteiger partial charge in [-0.05, 0) is 43.5 Å². The summed E-state index contributed by atoms with van der Waals surface area (Å²) in [5.41, 5.74) is 2.44. The number of nitrogens with zero attached hydrogens (tertiary/aromatic N) is 2. The zero-order valence-electron chi connectivity index (χ0n) is 19.6. The summed E-state index contributed by atoms with van der Waals surface area (Å²) in [5.74, 6) is 0.437. The van der Waals surface area contributed by atoms with E-state index in [1.165, 1.54) is 4.57 Å². The number of ether oxygens (including phenoxy) is 1. The smallest absolute Gasteiger partial charge is 0.297 e. The van der Waals surface area contributed by atoms with Crippen molar-refractivity contribution >= 4 is 11.7 Å². The molecule has 2 atom stereocenters. The van der Waals surface area contributed by atoms with Crippen LogP contribution in [0.25, 0.3) is 5.69 Å². The maximum absolute atomic E-state index is 13.5. The highest BCUT2D eigenvalue weighted by Gasteiger charge is 2.25. The van der Waals surface area contributed by atoms with Crippen LogP contribution in [-0.2, 0) is 0 Å². The molecule has 1 amide bonds. The Morgan fingerprint density at radius 3 is 2.74 bits per heavy atom. The highest BCUT2D eigenvalue weighted by molar-refractivity contribution is 5.95. The van der Waals surface area contributed by atoms with Gasteiger partial charge in [-0.2, -0.15) is 0 Å². The van der Waals surface area contributed by atoms with E-state index in [4.69, 9.17) is 4.74 Å². The molecule has 1 heterocycles. The lowest BCUT2D eigenvalue weighted by molar-refractivity contribution is 0.0951. The number of amides is 1. The first kappa shape index (κ1) is 23.5. The molecule has 1 aromatic heterocycles. The highest BCUT2D eigenvalue weighted by Crippen LogP contribution is 2.32. The van der Waals surface area contributed by atoms with Crippen LogP contribution in [0, 0.1) is 12.8 Å². The summed E-state index contributed by atoms with van der Waals surface area (Å²) < 4.78 is 6.99. The molecule has 3 N–H and O–H groups in total. The van der Waals surface area contributed by atoms with Crippen LogP contribution in [0.2, 0.25) is 0 Å². The minimum absolute atomic E-state index is 0.0893. The number of aromatic nitrogens is 2. The summed E-state index contributed by atoms with van der Waals surface area (Å²) >= 11 is 0. The Morgan fingerprint density at radius 2 is 2.03 bits per heavy atom.